The Labute approximate surface area is 227 Å². The first-order chi connectivity index (χ1) is 18.8. The van der Waals surface area contributed by atoms with E-state index in [0.717, 1.165) is 17.0 Å². The summed E-state index contributed by atoms with van der Waals surface area (Å²) in [4.78, 5) is 57.9. The SMILES string of the molecule is C[C@@H](N=O)C(=O)N[C@H](C)C(=O)NCCc1ccc(NC(=O)CN(Cc2ccccn2)Cc2ccccn2)cc1. The molecular formula is C28H33N7O4. The van der Waals surface area contributed by atoms with E-state index in [4.69, 9.17) is 0 Å². The van der Waals surface area contributed by atoms with Crippen molar-refractivity contribution in [1.82, 2.24) is 25.5 Å². The molecule has 0 aliphatic carbocycles. The Morgan fingerprint density at radius 2 is 1.49 bits per heavy atom. The molecule has 2 heterocycles. The van der Waals surface area contributed by atoms with E-state index in [0.29, 0.717) is 31.7 Å². The molecule has 0 radical (unpaired) electrons. The fourth-order valence-corrected chi connectivity index (χ4v) is 3.70. The summed E-state index contributed by atoms with van der Waals surface area (Å²) >= 11 is 0. The molecule has 11 nitrogen and oxygen atoms in total. The second-order valence-corrected chi connectivity index (χ2v) is 9.09. The molecule has 0 fully saturated rings. The van der Waals surface area contributed by atoms with Crippen molar-refractivity contribution in [3.8, 4) is 0 Å². The third-order valence-corrected chi connectivity index (χ3v) is 5.83. The predicted molar refractivity (Wildman–Crippen MR) is 147 cm³/mol. The molecule has 1 aromatic carbocycles. The lowest BCUT2D eigenvalue weighted by molar-refractivity contribution is -0.129. The van der Waals surface area contributed by atoms with E-state index in [1.807, 2.05) is 65.6 Å². The average Bonchev–Trinajstić information content (AvgIpc) is 2.94. The van der Waals surface area contributed by atoms with Gasteiger partial charge in [0.05, 0.1) is 17.9 Å². The van der Waals surface area contributed by atoms with Gasteiger partial charge in [-0.05, 0) is 62.2 Å². The zero-order valence-electron chi connectivity index (χ0n) is 22.0. The maximum absolute atomic E-state index is 12.8. The lowest BCUT2D eigenvalue weighted by Crippen LogP contribution is -2.47. The van der Waals surface area contributed by atoms with Crippen molar-refractivity contribution in [1.29, 1.82) is 0 Å². The van der Waals surface area contributed by atoms with Crippen LogP contribution in [0.25, 0.3) is 0 Å². The van der Waals surface area contributed by atoms with Gasteiger partial charge in [-0.3, -0.25) is 29.3 Å². The Bertz CT molecular complexity index is 1180. The van der Waals surface area contributed by atoms with E-state index in [1.165, 1.54) is 13.8 Å². The molecule has 2 atom stereocenters. The second kappa shape index (κ2) is 15.0. The highest BCUT2D eigenvalue weighted by Gasteiger charge is 2.19. The van der Waals surface area contributed by atoms with Crippen LogP contribution in [0, 0.1) is 4.91 Å². The van der Waals surface area contributed by atoms with Crippen LogP contribution in [0.5, 0.6) is 0 Å². The standard InChI is InChI=1S/C28H33N7O4/c1-20(32-28(38)21(2)34-39)27(37)31-16-13-22-9-11-23(12-10-22)33-26(36)19-35(17-24-7-3-5-14-29-24)18-25-8-4-6-15-30-25/h3-12,14-15,20-21H,13,16-19H2,1-2H3,(H,31,37)(H,32,38)(H,33,36)/t20-,21-/m1/s1. The van der Waals surface area contributed by atoms with Gasteiger partial charge in [0.2, 0.25) is 17.7 Å². The summed E-state index contributed by atoms with van der Waals surface area (Å²) in [6, 6.07) is 16.9. The van der Waals surface area contributed by atoms with Gasteiger partial charge in [0, 0.05) is 37.7 Å². The highest BCUT2D eigenvalue weighted by Crippen LogP contribution is 2.12. The quantitative estimate of drug-likeness (QED) is 0.271. The molecule has 3 amide bonds. The number of hydrogen-bond acceptors (Lipinski definition) is 8. The lowest BCUT2D eigenvalue weighted by Gasteiger charge is -2.21. The summed E-state index contributed by atoms with van der Waals surface area (Å²) in [6.45, 7) is 4.44. The molecule has 0 aliphatic rings. The van der Waals surface area contributed by atoms with Crippen molar-refractivity contribution in [3.05, 3.63) is 94.9 Å². The monoisotopic (exact) mass is 531 g/mol. The number of amides is 3. The van der Waals surface area contributed by atoms with Crippen LogP contribution in [0.15, 0.2) is 78.2 Å². The molecule has 0 spiro atoms. The predicted octanol–water partition coefficient (Wildman–Crippen LogP) is 2.44. The average molecular weight is 532 g/mol. The Kier molecular flexibility index (Phi) is 11.2. The topological polar surface area (TPSA) is 146 Å². The minimum atomic E-state index is -1.05. The van der Waals surface area contributed by atoms with Gasteiger partial charge in [-0.2, -0.15) is 0 Å². The fourth-order valence-electron chi connectivity index (χ4n) is 3.70. The zero-order valence-corrected chi connectivity index (χ0v) is 22.0. The smallest absolute Gasteiger partial charge is 0.248 e. The summed E-state index contributed by atoms with van der Waals surface area (Å²) < 4.78 is 0. The molecule has 0 unspecified atom stereocenters. The molecule has 0 aliphatic heterocycles. The first kappa shape index (κ1) is 29.1. The van der Waals surface area contributed by atoms with E-state index in [1.54, 1.807) is 12.4 Å². The number of aromatic nitrogens is 2. The van der Waals surface area contributed by atoms with Crippen LogP contribution in [0.1, 0.15) is 30.8 Å². The minimum Gasteiger partial charge on any atom is -0.354 e. The number of carbonyl (C=O) groups is 3. The van der Waals surface area contributed by atoms with Gasteiger partial charge in [0.1, 0.15) is 6.04 Å². The van der Waals surface area contributed by atoms with Crippen molar-refractivity contribution < 1.29 is 14.4 Å². The summed E-state index contributed by atoms with van der Waals surface area (Å²) in [5.41, 5.74) is 3.36. The van der Waals surface area contributed by atoms with Gasteiger partial charge in [0.15, 0.2) is 6.04 Å². The van der Waals surface area contributed by atoms with Gasteiger partial charge in [-0.25, -0.2) is 0 Å². The zero-order chi connectivity index (χ0) is 28.0. The van der Waals surface area contributed by atoms with E-state index in [9.17, 15) is 19.3 Å². The van der Waals surface area contributed by atoms with Crippen molar-refractivity contribution in [2.24, 2.45) is 5.18 Å². The van der Waals surface area contributed by atoms with Gasteiger partial charge >= 0.3 is 0 Å². The third-order valence-electron chi connectivity index (χ3n) is 5.83. The number of nitrogens with one attached hydrogen (secondary N) is 3. The molecule has 2 aromatic heterocycles. The van der Waals surface area contributed by atoms with Gasteiger partial charge in [0.25, 0.3) is 0 Å². The lowest BCUT2D eigenvalue weighted by atomic mass is 10.1. The van der Waals surface area contributed by atoms with E-state index >= 15 is 0 Å². The van der Waals surface area contributed by atoms with Crippen LogP contribution in [-0.4, -0.2) is 57.8 Å². The summed E-state index contributed by atoms with van der Waals surface area (Å²) in [6.07, 6.45) is 4.02. The Morgan fingerprint density at radius 1 is 0.872 bits per heavy atom. The van der Waals surface area contributed by atoms with Crippen LogP contribution in [0.2, 0.25) is 0 Å². The number of hydrogen-bond donors (Lipinski definition) is 3. The van der Waals surface area contributed by atoms with Gasteiger partial charge in [-0.15, -0.1) is 4.91 Å². The fraction of sp³-hybridized carbons (Fsp3) is 0.321. The van der Waals surface area contributed by atoms with Crippen molar-refractivity contribution in [2.45, 2.75) is 45.4 Å². The molecule has 0 bridgehead atoms. The van der Waals surface area contributed by atoms with Crippen molar-refractivity contribution in [3.63, 3.8) is 0 Å². The molecule has 3 aromatic rings. The number of rotatable bonds is 14. The maximum Gasteiger partial charge on any atom is 0.248 e. The maximum atomic E-state index is 12.8. The molecule has 0 saturated heterocycles. The minimum absolute atomic E-state index is 0.156. The highest BCUT2D eigenvalue weighted by molar-refractivity contribution is 5.92. The summed E-state index contributed by atoms with van der Waals surface area (Å²) in [5.74, 6) is -1.11. The first-order valence-electron chi connectivity index (χ1n) is 12.7. The van der Waals surface area contributed by atoms with E-state index in [-0.39, 0.29) is 18.4 Å². The van der Waals surface area contributed by atoms with Gasteiger partial charge < -0.3 is 16.0 Å². The molecule has 3 N–H and O–H groups in total. The largest absolute Gasteiger partial charge is 0.354 e. The third kappa shape index (κ3) is 10.0. The van der Waals surface area contributed by atoms with Crippen LogP contribution in [0.3, 0.4) is 0 Å². The van der Waals surface area contributed by atoms with E-state index in [2.05, 4.69) is 31.1 Å². The molecular weight excluding hydrogens is 498 g/mol. The van der Waals surface area contributed by atoms with Crippen molar-refractivity contribution in [2.75, 3.05) is 18.4 Å². The number of nitrogens with zero attached hydrogens (tertiary/aromatic N) is 4. The molecule has 39 heavy (non-hydrogen) atoms. The Balaban J connectivity index is 1.48. The summed E-state index contributed by atoms with van der Waals surface area (Å²) in [7, 11) is 0. The molecule has 204 valence electrons. The highest BCUT2D eigenvalue weighted by atomic mass is 16.3. The normalized spacial score (nSPS) is 12.3. The first-order valence-corrected chi connectivity index (χ1v) is 12.7. The van der Waals surface area contributed by atoms with Crippen molar-refractivity contribution >= 4 is 23.4 Å². The molecule has 3 rings (SSSR count). The number of carbonyl (C=O) groups excluding carboxylic acids is 3. The number of benzene rings is 1. The number of anilines is 1. The molecule has 11 heteroatoms. The molecule has 0 saturated carbocycles. The number of pyridine rings is 2. The van der Waals surface area contributed by atoms with Crippen LogP contribution in [0.4, 0.5) is 5.69 Å². The Morgan fingerprint density at radius 3 is 2.03 bits per heavy atom. The summed E-state index contributed by atoms with van der Waals surface area (Å²) in [5, 5.41) is 10.8. The second-order valence-electron chi connectivity index (χ2n) is 9.09. The Hall–Kier alpha value is -4.51. The van der Waals surface area contributed by atoms with Crippen LogP contribution < -0.4 is 16.0 Å². The van der Waals surface area contributed by atoms with E-state index < -0.39 is 18.0 Å². The number of nitroso groups, excluding NO2 is 1. The van der Waals surface area contributed by atoms with Gasteiger partial charge in [-0.1, -0.05) is 29.4 Å². The van der Waals surface area contributed by atoms with Crippen LogP contribution >= 0.6 is 0 Å². The van der Waals surface area contributed by atoms with Crippen LogP contribution in [-0.2, 0) is 33.9 Å².